The van der Waals surface area contributed by atoms with Gasteiger partial charge in [0.05, 0.1) is 41.3 Å². The van der Waals surface area contributed by atoms with E-state index in [0.717, 1.165) is 32.6 Å². The van der Waals surface area contributed by atoms with Crippen LogP contribution in [-0.2, 0) is 33.5 Å². The summed E-state index contributed by atoms with van der Waals surface area (Å²) in [5.41, 5.74) is 1.64. The summed E-state index contributed by atoms with van der Waals surface area (Å²) in [6.45, 7) is 3.08. The summed E-state index contributed by atoms with van der Waals surface area (Å²) in [7, 11) is 9.14. The molecule has 0 amide bonds. The highest BCUT2D eigenvalue weighted by atomic mass is 32.1. The van der Waals surface area contributed by atoms with Crippen LogP contribution in [0.15, 0.2) is 45.7 Å². The number of rotatable bonds is 11. The maximum absolute atomic E-state index is 11.8. The molecule has 41 heavy (non-hydrogen) atoms. The van der Waals surface area contributed by atoms with Crippen molar-refractivity contribution in [1.82, 2.24) is 0 Å². The van der Waals surface area contributed by atoms with Crippen molar-refractivity contribution in [1.29, 1.82) is 0 Å². The largest absolute Gasteiger partial charge is 0.469 e. The highest BCUT2D eigenvalue weighted by Gasteiger charge is 2.28. The molecule has 0 saturated carbocycles. The molecule has 0 aromatic carbocycles. The second kappa shape index (κ2) is 15.3. The Bertz CT molecular complexity index is 1370. The van der Waals surface area contributed by atoms with Crippen LogP contribution in [0.4, 0.5) is 10.0 Å². The van der Waals surface area contributed by atoms with Gasteiger partial charge in [-0.2, -0.15) is 0 Å². The number of nitrogens with zero attached hydrogens (tertiary/aromatic N) is 4. The summed E-state index contributed by atoms with van der Waals surface area (Å²) in [6, 6.07) is 7.85. The van der Waals surface area contributed by atoms with Gasteiger partial charge in [0.15, 0.2) is 0 Å². The predicted octanol–water partition coefficient (Wildman–Crippen LogP) is 4.60. The number of carbonyl (C=O) groups excluding carboxylic acids is 3. The van der Waals surface area contributed by atoms with Gasteiger partial charge in [0.2, 0.25) is 0 Å². The van der Waals surface area contributed by atoms with Gasteiger partial charge < -0.3 is 28.9 Å². The van der Waals surface area contributed by atoms with Crippen LogP contribution in [0.5, 0.6) is 0 Å². The van der Waals surface area contributed by atoms with Crippen LogP contribution in [0.3, 0.4) is 0 Å². The number of thiophene rings is 2. The molecule has 0 fully saturated rings. The highest BCUT2D eigenvalue weighted by Crippen LogP contribution is 2.29. The summed E-state index contributed by atoms with van der Waals surface area (Å²) in [6.07, 6.45) is 5.48. The van der Waals surface area contributed by atoms with Crippen molar-refractivity contribution in [2.45, 2.75) is 26.2 Å². The lowest BCUT2D eigenvalue weighted by atomic mass is 10.1. The Labute approximate surface area is 247 Å². The molecule has 2 aliphatic rings. The smallest absolute Gasteiger partial charge is 0.367 e. The second-order valence-corrected chi connectivity index (χ2v) is 11.4. The second-order valence-electron chi connectivity index (χ2n) is 9.25. The van der Waals surface area contributed by atoms with Crippen molar-refractivity contribution in [2.75, 3.05) is 58.3 Å². The molecular weight excluding hydrogens is 568 g/mol. The number of anilines is 2. The molecule has 4 heterocycles. The van der Waals surface area contributed by atoms with Gasteiger partial charge in [-0.25, -0.2) is 9.59 Å². The first-order chi connectivity index (χ1) is 19.6. The molecule has 13 heteroatoms. The lowest BCUT2D eigenvalue weighted by Crippen LogP contribution is -2.12. The average Bonchev–Trinajstić information content (AvgIpc) is 3.74. The quantitative estimate of drug-likeness (QED) is 0.157. The van der Waals surface area contributed by atoms with Crippen molar-refractivity contribution >= 4 is 74.2 Å². The average molecular weight is 603 g/mol. The number of methoxy groups -OCH3 is 1. The molecule has 220 valence electrons. The van der Waals surface area contributed by atoms with E-state index in [4.69, 9.17) is 9.57 Å². The van der Waals surface area contributed by atoms with Gasteiger partial charge in [-0.1, -0.05) is 23.7 Å². The first-order valence-corrected chi connectivity index (χ1v) is 14.5. The van der Waals surface area contributed by atoms with Crippen LogP contribution >= 0.6 is 22.7 Å². The Morgan fingerprint density at radius 1 is 0.878 bits per heavy atom. The normalized spacial score (nSPS) is 16.1. The zero-order valence-corrected chi connectivity index (χ0v) is 25.6. The minimum atomic E-state index is -0.552. The molecule has 11 nitrogen and oxygen atoms in total. The monoisotopic (exact) mass is 602 g/mol. The molecule has 0 spiro atoms. The van der Waals surface area contributed by atoms with Crippen LogP contribution < -0.4 is 9.80 Å². The molecular formula is C28H34N4O7S2. The van der Waals surface area contributed by atoms with Crippen molar-refractivity contribution in [2.24, 2.45) is 10.3 Å². The van der Waals surface area contributed by atoms with E-state index in [9.17, 15) is 14.4 Å². The lowest BCUT2D eigenvalue weighted by Gasteiger charge is -2.06. The fourth-order valence-electron chi connectivity index (χ4n) is 3.37. The van der Waals surface area contributed by atoms with Gasteiger partial charge in [0.1, 0.15) is 11.4 Å². The van der Waals surface area contributed by atoms with Crippen molar-refractivity contribution in [3.63, 3.8) is 0 Å². The van der Waals surface area contributed by atoms with Crippen LogP contribution in [0.1, 0.15) is 35.9 Å². The Morgan fingerprint density at radius 3 is 1.85 bits per heavy atom. The Morgan fingerprint density at radius 2 is 1.39 bits per heavy atom. The number of carbonyl (C=O) groups is 3. The minimum Gasteiger partial charge on any atom is -0.469 e. The summed E-state index contributed by atoms with van der Waals surface area (Å²) >= 11 is 3.14. The maximum atomic E-state index is 11.8. The van der Waals surface area contributed by atoms with Crippen LogP contribution in [-0.4, -0.2) is 77.8 Å². The fourth-order valence-corrected chi connectivity index (χ4v) is 5.12. The first kappa shape index (κ1) is 31.7. The molecule has 0 N–H and O–H groups in total. The molecule has 0 aliphatic carbocycles. The summed E-state index contributed by atoms with van der Waals surface area (Å²) in [4.78, 5) is 49.9. The fraction of sp³-hybridized carbons (Fsp3) is 0.393. The molecule has 0 bridgehead atoms. The van der Waals surface area contributed by atoms with E-state index in [1.54, 1.807) is 17.4 Å². The van der Waals surface area contributed by atoms with Crippen LogP contribution in [0, 0.1) is 0 Å². The number of hydrogen-bond acceptors (Lipinski definition) is 13. The zero-order valence-electron chi connectivity index (χ0n) is 24.0. The molecule has 2 aromatic rings. The maximum Gasteiger partial charge on any atom is 0.367 e. The summed E-state index contributed by atoms with van der Waals surface area (Å²) < 4.78 is 10.1. The highest BCUT2D eigenvalue weighted by molar-refractivity contribution is 7.17. The number of ether oxygens (including phenoxy) is 2. The number of esters is 1. The SMILES string of the molecule is CCCCOCC1=NOC(=O)C1=Cc1ccc(N(C)C)s1.COC(=O)CC1=NOC(=O)C1=Cc1ccc(N(C)C)s1. The molecule has 0 saturated heterocycles. The minimum absolute atomic E-state index is 0.0833. The summed E-state index contributed by atoms with van der Waals surface area (Å²) in [5, 5.41) is 9.61. The predicted molar refractivity (Wildman–Crippen MR) is 163 cm³/mol. The standard InChI is InChI=1S/C15H20N2O3S.C13H14N2O4S/c1-4-5-8-19-10-13-12(15(18)20-16-13)9-11-6-7-14(21-11)17(2)3;1-15(2)11-5-4-8(20-11)6-9-10(7-12(16)18-3)14-19-13(9)17/h6-7,9H,4-5,8,10H2,1-3H3;4-6H,7H2,1-3H3. The molecule has 0 radical (unpaired) electrons. The van der Waals surface area contributed by atoms with E-state index < -0.39 is 17.9 Å². The summed E-state index contributed by atoms with van der Waals surface area (Å²) in [5.74, 6) is -1.43. The number of hydrogen-bond donors (Lipinski definition) is 0. The molecule has 2 aromatic heterocycles. The van der Waals surface area contributed by atoms with Gasteiger partial charge in [0, 0.05) is 44.6 Å². The van der Waals surface area contributed by atoms with Gasteiger partial charge in [-0.15, -0.1) is 22.7 Å². The number of unbranched alkanes of at least 4 members (excludes halogenated alkanes) is 1. The van der Waals surface area contributed by atoms with Gasteiger partial charge in [-0.3, -0.25) is 4.79 Å². The Hall–Kier alpha value is -3.81. The number of oxime groups is 2. The van der Waals surface area contributed by atoms with Crippen LogP contribution in [0.25, 0.3) is 12.2 Å². The van der Waals surface area contributed by atoms with Gasteiger partial charge >= 0.3 is 17.9 Å². The molecule has 0 unspecified atom stereocenters. The van der Waals surface area contributed by atoms with E-state index >= 15 is 0 Å². The third-order valence-electron chi connectivity index (χ3n) is 5.64. The Balaban J connectivity index is 0.000000226. The van der Waals surface area contributed by atoms with Gasteiger partial charge in [-0.05, 0) is 42.8 Å². The van der Waals surface area contributed by atoms with Crippen molar-refractivity contribution in [3.05, 3.63) is 45.2 Å². The Kier molecular flexibility index (Phi) is 11.8. The van der Waals surface area contributed by atoms with E-state index in [-0.39, 0.29) is 6.42 Å². The molecule has 0 atom stereocenters. The van der Waals surface area contributed by atoms with E-state index in [1.807, 2.05) is 68.3 Å². The van der Waals surface area contributed by atoms with Gasteiger partial charge in [0.25, 0.3) is 0 Å². The van der Waals surface area contributed by atoms with Crippen LogP contribution in [0.2, 0.25) is 0 Å². The first-order valence-electron chi connectivity index (χ1n) is 12.8. The van der Waals surface area contributed by atoms with E-state index in [1.165, 1.54) is 18.4 Å². The lowest BCUT2D eigenvalue weighted by molar-refractivity contribution is -0.139. The van der Waals surface area contributed by atoms with E-state index in [0.29, 0.717) is 35.8 Å². The topological polar surface area (TPSA) is 119 Å². The zero-order chi connectivity index (χ0) is 29.9. The van der Waals surface area contributed by atoms with Crippen molar-refractivity contribution in [3.8, 4) is 0 Å². The third-order valence-corrected chi connectivity index (χ3v) is 8.04. The molecule has 2 aliphatic heterocycles. The molecule has 4 rings (SSSR count). The third kappa shape index (κ3) is 9.10. The van der Waals surface area contributed by atoms with E-state index in [2.05, 4.69) is 26.8 Å². The van der Waals surface area contributed by atoms with Crippen molar-refractivity contribution < 1.29 is 33.5 Å².